The summed E-state index contributed by atoms with van der Waals surface area (Å²) in [6.45, 7) is 2.14. The van der Waals surface area contributed by atoms with Gasteiger partial charge in [-0.15, -0.1) is 10.2 Å². The quantitative estimate of drug-likeness (QED) is 0.806. The van der Waals surface area contributed by atoms with Crippen molar-refractivity contribution in [1.29, 1.82) is 0 Å². The summed E-state index contributed by atoms with van der Waals surface area (Å²) in [7, 11) is 0. The second-order valence-corrected chi connectivity index (χ2v) is 3.86. The monoisotopic (exact) mass is 239 g/mol. The Kier molecular flexibility index (Phi) is 2.31. The molecule has 0 amide bonds. The predicted octanol–water partition coefficient (Wildman–Crippen LogP) is 2.44. The summed E-state index contributed by atoms with van der Waals surface area (Å²) in [5.74, 6) is 1.03. The maximum Gasteiger partial charge on any atom is 0.161 e. The fourth-order valence-corrected chi connectivity index (χ4v) is 1.63. The van der Waals surface area contributed by atoms with Crippen LogP contribution in [0.5, 0.6) is 0 Å². The van der Waals surface area contributed by atoms with Gasteiger partial charge in [0.2, 0.25) is 0 Å². The highest BCUT2D eigenvalue weighted by molar-refractivity contribution is 9.10. The molecular weight excluding hydrogens is 230 g/mol. The summed E-state index contributed by atoms with van der Waals surface area (Å²) in [5, 5.41) is 8.20. The molecule has 4 heteroatoms. The zero-order valence-corrected chi connectivity index (χ0v) is 8.95. The van der Waals surface area contributed by atoms with Crippen LogP contribution in [0, 0.1) is 0 Å². The maximum atomic E-state index is 4.12. The van der Waals surface area contributed by atoms with E-state index in [4.69, 9.17) is 0 Å². The summed E-state index contributed by atoms with van der Waals surface area (Å²) in [6, 6.07) is 3.96. The smallest absolute Gasteiger partial charge is 0.161 e. The van der Waals surface area contributed by atoms with E-state index in [0.29, 0.717) is 0 Å². The van der Waals surface area contributed by atoms with Crippen molar-refractivity contribution in [3.05, 3.63) is 28.6 Å². The summed E-state index contributed by atoms with van der Waals surface area (Å²) in [4.78, 5) is 0. The van der Waals surface area contributed by atoms with Crippen LogP contribution in [0.3, 0.4) is 0 Å². The van der Waals surface area contributed by atoms with Crippen molar-refractivity contribution in [2.75, 3.05) is 0 Å². The van der Waals surface area contributed by atoms with Gasteiger partial charge in [-0.1, -0.05) is 22.9 Å². The molecule has 0 aliphatic carbocycles. The normalized spacial score (nSPS) is 10.9. The first kappa shape index (κ1) is 8.69. The molecule has 0 spiro atoms. The zero-order chi connectivity index (χ0) is 9.26. The molecule has 0 aliphatic rings. The molecule has 0 N–H and O–H groups in total. The first-order valence-electron chi connectivity index (χ1n) is 4.30. The minimum absolute atomic E-state index is 0.901. The van der Waals surface area contributed by atoms with Crippen molar-refractivity contribution >= 4 is 21.6 Å². The van der Waals surface area contributed by atoms with E-state index >= 15 is 0 Å². The molecule has 0 bridgehead atoms. The second kappa shape index (κ2) is 3.46. The van der Waals surface area contributed by atoms with Crippen molar-refractivity contribution in [3.63, 3.8) is 0 Å². The molecule has 68 valence electrons. The lowest BCUT2D eigenvalue weighted by Gasteiger charge is -1.96. The van der Waals surface area contributed by atoms with E-state index in [1.807, 2.05) is 22.7 Å². The van der Waals surface area contributed by atoms with Crippen molar-refractivity contribution in [1.82, 2.24) is 14.6 Å². The number of halogens is 1. The van der Waals surface area contributed by atoms with Crippen LogP contribution < -0.4 is 0 Å². The third kappa shape index (κ3) is 1.58. The Morgan fingerprint density at radius 2 is 2.31 bits per heavy atom. The van der Waals surface area contributed by atoms with Crippen LogP contribution in [-0.2, 0) is 6.42 Å². The summed E-state index contributed by atoms with van der Waals surface area (Å²) in [5.41, 5.74) is 0.901. The van der Waals surface area contributed by atoms with Crippen LogP contribution >= 0.6 is 15.9 Å². The van der Waals surface area contributed by atoms with Crippen molar-refractivity contribution in [2.45, 2.75) is 19.8 Å². The molecule has 3 nitrogen and oxygen atoms in total. The van der Waals surface area contributed by atoms with Gasteiger partial charge in [0.1, 0.15) is 5.82 Å². The van der Waals surface area contributed by atoms with E-state index in [9.17, 15) is 0 Å². The first-order chi connectivity index (χ1) is 6.31. The van der Waals surface area contributed by atoms with Crippen molar-refractivity contribution in [3.8, 4) is 0 Å². The Labute approximate surface area is 84.9 Å². The fraction of sp³-hybridized carbons (Fsp3) is 0.333. The lowest BCUT2D eigenvalue weighted by Crippen LogP contribution is -1.92. The lowest BCUT2D eigenvalue weighted by molar-refractivity contribution is 0.818. The van der Waals surface area contributed by atoms with Gasteiger partial charge in [-0.3, -0.25) is 4.40 Å². The summed E-state index contributed by atoms with van der Waals surface area (Å²) < 4.78 is 3.06. The minimum Gasteiger partial charge on any atom is -0.286 e. The van der Waals surface area contributed by atoms with Gasteiger partial charge in [-0.2, -0.15) is 0 Å². The first-order valence-corrected chi connectivity index (χ1v) is 5.09. The molecule has 0 aliphatic heterocycles. The number of pyridine rings is 1. The van der Waals surface area contributed by atoms with E-state index in [2.05, 4.69) is 33.1 Å². The van der Waals surface area contributed by atoms with Crippen LogP contribution in [-0.4, -0.2) is 14.6 Å². The fourth-order valence-electron chi connectivity index (χ4n) is 1.31. The molecule has 2 aromatic heterocycles. The predicted molar refractivity (Wildman–Crippen MR) is 54.7 cm³/mol. The average Bonchev–Trinajstić information content (AvgIpc) is 2.49. The SMILES string of the molecule is CCCc1nnc2cc(Br)ccn12. The van der Waals surface area contributed by atoms with Crippen molar-refractivity contribution < 1.29 is 0 Å². The molecular formula is C9H10BrN3. The molecule has 2 heterocycles. The maximum absolute atomic E-state index is 4.12. The molecule has 0 atom stereocenters. The number of rotatable bonds is 2. The number of aromatic nitrogens is 3. The van der Waals surface area contributed by atoms with Gasteiger partial charge in [-0.25, -0.2) is 0 Å². The van der Waals surface area contributed by atoms with Gasteiger partial charge in [0.05, 0.1) is 0 Å². The van der Waals surface area contributed by atoms with E-state index in [0.717, 1.165) is 28.8 Å². The largest absolute Gasteiger partial charge is 0.286 e. The average molecular weight is 240 g/mol. The van der Waals surface area contributed by atoms with Crippen LogP contribution in [0.15, 0.2) is 22.8 Å². The van der Waals surface area contributed by atoms with Crippen LogP contribution in [0.4, 0.5) is 0 Å². The number of nitrogens with zero attached hydrogens (tertiary/aromatic N) is 3. The van der Waals surface area contributed by atoms with Gasteiger partial charge < -0.3 is 0 Å². The Hall–Kier alpha value is -0.900. The molecule has 2 aromatic rings. The molecule has 2 rings (SSSR count). The standard InChI is InChI=1S/C9H10BrN3/c1-2-3-8-11-12-9-6-7(10)4-5-13(8)9/h4-6H,2-3H2,1H3. The Morgan fingerprint density at radius 1 is 1.46 bits per heavy atom. The van der Waals surface area contributed by atoms with Gasteiger partial charge in [0, 0.05) is 17.1 Å². The third-order valence-corrected chi connectivity index (χ3v) is 2.41. The Morgan fingerprint density at radius 3 is 3.08 bits per heavy atom. The van der Waals surface area contributed by atoms with Crippen LogP contribution in [0.1, 0.15) is 19.2 Å². The van der Waals surface area contributed by atoms with Gasteiger partial charge in [0.25, 0.3) is 0 Å². The van der Waals surface area contributed by atoms with E-state index in [1.54, 1.807) is 0 Å². The second-order valence-electron chi connectivity index (χ2n) is 2.94. The topological polar surface area (TPSA) is 30.2 Å². The highest BCUT2D eigenvalue weighted by atomic mass is 79.9. The van der Waals surface area contributed by atoms with Gasteiger partial charge in [-0.05, 0) is 18.6 Å². The molecule has 0 fully saturated rings. The van der Waals surface area contributed by atoms with Gasteiger partial charge >= 0.3 is 0 Å². The number of hydrogen-bond acceptors (Lipinski definition) is 2. The molecule has 0 unspecified atom stereocenters. The summed E-state index contributed by atoms with van der Waals surface area (Å²) >= 11 is 3.40. The van der Waals surface area contributed by atoms with Gasteiger partial charge in [0.15, 0.2) is 5.65 Å². The number of aryl methyl sites for hydroxylation is 1. The van der Waals surface area contributed by atoms with Crippen molar-refractivity contribution in [2.24, 2.45) is 0 Å². The van der Waals surface area contributed by atoms with Crippen LogP contribution in [0.25, 0.3) is 5.65 Å². The molecule has 0 saturated heterocycles. The highest BCUT2D eigenvalue weighted by Crippen LogP contribution is 2.13. The number of fused-ring (bicyclic) bond motifs is 1. The Bertz CT molecular complexity index is 422. The lowest BCUT2D eigenvalue weighted by atomic mass is 10.3. The zero-order valence-electron chi connectivity index (χ0n) is 7.37. The molecule has 0 radical (unpaired) electrons. The van der Waals surface area contributed by atoms with Crippen LogP contribution in [0.2, 0.25) is 0 Å². The number of hydrogen-bond donors (Lipinski definition) is 0. The summed E-state index contributed by atoms with van der Waals surface area (Å²) in [6.07, 6.45) is 4.06. The van der Waals surface area contributed by atoms with E-state index in [1.165, 1.54) is 0 Å². The third-order valence-electron chi connectivity index (χ3n) is 1.92. The Balaban J connectivity index is 2.55. The van der Waals surface area contributed by atoms with E-state index in [-0.39, 0.29) is 0 Å². The van der Waals surface area contributed by atoms with E-state index < -0.39 is 0 Å². The molecule has 0 aromatic carbocycles. The highest BCUT2D eigenvalue weighted by Gasteiger charge is 2.03. The molecule has 0 saturated carbocycles. The molecule has 13 heavy (non-hydrogen) atoms. The minimum atomic E-state index is 0.901.